The van der Waals surface area contributed by atoms with Crippen molar-refractivity contribution in [3.05, 3.63) is 34.3 Å². The summed E-state index contributed by atoms with van der Waals surface area (Å²) >= 11 is 3.45. The molecule has 0 aliphatic carbocycles. The minimum absolute atomic E-state index is 0.462. The lowest BCUT2D eigenvalue weighted by Crippen LogP contribution is -2.34. The Labute approximate surface area is 113 Å². The van der Waals surface area contributed by atoms with Gasteiger partial charge in [0, 0.05) is 17.6 Å². The van der Waals surface area contributed by atoms with Crippen LogP contribution >= 0.6 is 15.9 Å². The van der Waals surface area contributed by atoms with E-state index < -0.39 is 0 Å². The zero-order chi connectivity index (χ0) is 12.5. The van der Waals surface area contributed by atoms with Crippen LogP contribution in [0.3, 0.4) is 0 Å². The van der Waals surface area contributed by atoms with Crippen LogP contribution in [-0.4, -0.2) is 26.3 Å². The first kappa shape index (κ1) is 14.7. The van der Waals surface area contributed by atoms with Crippen LogP contribution in [0, 0.1) is 0 Å². The van der Waals surface area contributed by atoms with Gasteiger partial charge in [-0.25, -0.2) is 0 Å². The topological polar surface area (TPSA) is 21.3 Å². The van der Waals surface area contributed by atoms with E-state index in [0.717, 1.165) is 30.5 Å². The molecule has 0 saturated heterocycles. The van der Waals surface area contributed by atoms with E-state index in [-0.39, 0.29) is 0 Å². The molecule has 0 fully saturated rings. The minimum Gasteiger partial charge on any atom is -0.383 e. The lowest BCUT2D eigenvalue weighted by Gasteiger charge is -2.17. The van der Waals surface area contributed by atoms with Gasteiger partial charge in [-0.1, -0.05) is 35.0 Å². The van der Waals surface area contributed by atoms with Crippen molar-refractivity contribution in [1.29, 1.82) is 0 Å². The predicted octanol–water partition coefficient (Wildman–Crippen LogP) is 3.40. The van der Waals surface area contributed by atoms with Crippen LogP contribution < -0.4 is 5.32 Å². The molecule has 0 heterocycles. The van der Waals surface area contributed by atoms with Gasteiger partial charge in [0.15, 0.2) is 0 Å². The van der Waals surface area contributed by atoms with Crippen molar-refractivity contribution in [2.45, 2.75) is 32.2 Å². The Hall–Kier alpha value is -0.380. The summed E-state index contributed by atoms with van der Waals surface area (Å²) in [6.45, 7) is 4.04. The van der Waals surface area contributed by atoms with Crippen LogP contribution in [0.25, 0.3) is 0 Å². The van der Waals surface area contributed by atoms with Crippen molar-refractivity contribution in [1.82, 2.24) is 5.32 Å². The number of benzene rings is 1. The Balaban J connectivity index is 2.37. The van der Waals surface area contributed by atoms with E-state index in [9.17, 15) is 0 Å². The van der Waals surface area contributed by atoms with E-state index in [4.69, 9.17) is 4.74 Å². The highest BCUT2D eigenvalue weighted by molar-refractivity contribution is 9.10. The van der Waals surface area contributed by atoms with Gasteiger partial charge in [-0.05, 0) is 43.5 Å². The molecule has 0 aromatic heterocycles. The quantitative estimate of drug-likeness (QED) is 0.794. The van der Waals surface area contributed by atoms with Crippen LogP contribution in [0.15, 0.2) is 28.7 Å². The summed E-state index contributed by atoms with van der Waals surface area (Å²) in [6.07, 6.45) is 3.38. The Morgan fingerprint density at radius 3 is 2.59 bits per heavy atom. The smallest absolute Gasteiger partial charge is 0.0615 e. The van der Waals surface area contributed by atoms with E-state index >= 15 is 0 Å². The third-order valence-electron chi connectivity index (χ3n) is 2.75. The largest absolute Gasteiger partial charge is 0.383 e. The fourth-order valence-corrected chi connectivity index (χ4v) is 2.05. The van der Waals surface area contributed by atoms with Crippen LogP contribution in [0.1, 0.15) is 25.3 Å². The predicted molar refractivity (Wildman–Crippen MR) is 76.4 cm³/mol. The molecule has 1 unspecified atom stereocenters. The molecule has 3 heteroatoms. The summed E-state index contributed by atoms with van der Waals surface area (Å²) in [7, 11) is 1.76. The molecule has 1 atom stereocenters. The van der Waals surface area contributed by atoms with Crippen molar-refractivity contribution in [2.24, 2.45) is 0 Å². The van der Waals surface area contributed by atoms with E-state index in [1.807, 2.05) is 0 Å². The molecule has 0 amide bonds. The summed E-state index contributed by atoms with van der Waals surface area (Å²) in [5, 5.41) is 3.52. The first-order valence-electron chi connectivity index (χ1n) is 6.23. The second-order valence-electron chi connectivity index (χ2n) is 4.27. The van der Waals surface area contributed by atoms with Gasteiger partial charge in [0.05, 0.1) is 6.61 Å². The molecule has 0 bridgehead atoms. The van der Waals surface area contributed by atoms with Crippen molar-refractivity contribution in [3.63, 3.8) is 0 Å². The van der Waals surface area contributed by atoms with Crippen LogP contribution in [0.2, 0.25) is 0 Å². The molecule has 2 nitrogen and oxygen atoms in total. The molecule has 17 heavy (non-hydrogen) atoms. The summed E-state index contributed by atoms with van der Waals surface area (Å²) in [5.41, 5.74) is 1.38. The number of hydrogen-bond donors (Lipinski definition) is 1. The zero-order valence-electron chi connectivity index (χ0n) is 10.7. The van der Waals surface area contributed by atoms with E-state index in [2.05, 4.69) is 52.4 Å². The molecular formula is C14H22BrNO. The number of aryl methyl sites for hydroxylation is 1. The fraction of sp³-hybridized carbons (Fsp3) is 0.571. The normalized spacial score (nSPS) is 12.6. The zero-order valence-corrected chi connectivity index (χ0v) is 12.3. The second kappa shape index (κ2) is 8.67. The van der Waals surface area contributed by atoms with Gasteiger partial charge in [0.2, 0.25) is 0 Å². The highest BCUT2D eigenvalue weighted by atomic mass is 79.9. The summed E-state index contributed by atoms with van der Waals surface area (Å²) < 4.78 is 6.38. The molecule has 1 aromatic carbocycles. The van der Waals surface area contributed by atoms with Crippen molar-refractivity contribution in [3.8, 4) is 0 Å². The Bertz CT molecular complexity index is 300. The van der Waals surface area contributed by atoms with Gasteiger partial charge < -0.3 is 10.1 Å². The van der Waals surface area contributed by atoms with Gasteiger partial charge in [-0.3, -0.25) is 0 Å². The minimum atomic E-state index is 0.462. The molecule has 0 aliphatic heterocycles. The number of hydrogen-bond acceptors (Lipinski definition) is 2. The van der Waals surface area contributed by atoms with Crippen LogP contribution in [0.5, 0.6) is 0 Å². The molecule has 1 rings (SSSR count). The molecule has 0 radical (unpaired) electrons. The van der Waals surface area contributed by atoms with E-state index in [1.54, 1.807) is 7.11 Å². The SMILES string of the molecule is CCCNC(CCc1ccc(Br)cc1)COC. The lowest BCUT2D eigenvalue weighted by molar-refractivity contribution is 0.162. The fourth-order valence-electron chi connectivity index (χ4n) is 1.79. The number of methoxy groups -OCH3 is 1. The summed E-state index contributed by atoms with van der Waals surface area (Å²) in [4.78, 5) is 0. The van der Waals surface area contributed by atoms with E-state index in [1.165, 1.54) is 12.0 Å². The van der Waals surface area contributed by atoms with Gasteiger partial charge in [0.25, 0.3) is 0 Å². The number of nitrogens with one attached hydrogen (secondary N) is 1. The number of rotatable bonds is 8. The molecule has 1 N–H and O–H groups in total. The maximum absolute atomic E-state index is 5.24. The van der Waals surface area contributed by atoms with E-state index in [0.29, 0.717) is 6.04 Å². The second-order valence-corrected chi connectivity index (χ2v) is 5.19. The molecular weight excluding hydrogens is 278 g/mol. The van der Waals surface area contributed by atoms with Crippen LogP contribution in [0.4, 0.5) is 0 Å². The highest BCUT2D eigenvalue weighted by Crippen LogP contribution is 2.12. The molecule has 0 spiro atoms. The maximum atomic E-state index is 5.24. The van der Waals surface area contributed by atoms with Gasteiger partial charge >= 0.3 is 0 Å². The third-order valence-corrected chi connectivity index (χ3v) is 3.27. The number of halogens is 1. The Morgan fingerprint density at radius 1 is 1.29 bits per heavy atom. The molecule has 96 valence electrons. The summed E-state index contributed by atoms with van der Waals surface area (Å²) in [5.74, 6) is 0. The monoisotopic (exact) mass is 299 g/mol. The molecule has 0 aliphatic rings. The summed E-state index contributed by atoms with van der Waals surface area (Å²) in [6, 6.07) is 9.01. The van der Waals surface area contributed by atoms with Gasteiger partial charge in [0.1, 0.15) is 0 Å². The van der Waals surface area contributed by atoms with Gasteiger partial charge in [-0.15, -0.1) is 0 Å². The average Bonchev–Trinajstić information content (AvgIpc) is 2.35. The van der Waals surface area contributed by atoms with Crippen LogP contribution in [-0.2, 0) is 11.2 Å². The Morgan fingerprint density at radius 2 is 2.00 bits per heavy atom. The lowest BCUT2D eigenvalue weighted by atomic mass is 10.1. The molecule has 1 aromatic rings. The van der Waals surface area contributed by atoms with Crippen molar-refractivity contribution >= 4 is 15.9 Å². The number of ether oxygens (including phenoxy) is 1. The van der Waals surface area contributed by atoms with Gasteiger partial charge in [-0.2, -0.15) is 0 Å². The Kier molecular flexibility index (Phi) is 7.49. The van der Waals surface area contributed by atoms with Crippen molar-refractivity contribution < 1.29 is 4.74 Å². The highest BCUT2D eigenvalue weighted by Gasteiger charge is 2.07. The average molecular weight is 300 g/mol. The third kappa shape index (κ3) is 6.20. The first-order chi connectivity index (χ1) is 8.26. The maximum Gasteiger partial charge on any atom is 0.0615 e. The first-order valence-corrected chi connectivity index (χ1v) is 7.02. The standard InChI is InChI=1S/C14H22BrNO/c1-3-10-16-14(11-17-2)9-6-12-4-7-13(15)8-5-12/h4-5,7-8,14,16H,3,6,9-11H2,1-2H3. The molecule has 0 saturated carbocycles. The van der Waals surface area contributed by atoms with Crippen molar-refractivity contribution in [2.75, 3.05) is 20.3 Å².